The maximum atomic E-state index is 11.4. The molecule has 2 N–H and O–H groups in total. The summed E-state index contributed by atoms with van der Waals surface area (Å²) in [6.45, 7) is 5.76. The molecule has 0 radical (unpaired) electrons. The van der Waals surface area contributed by atoms with E-state index in [0.29, 0.717) is 19.6 Å². The molecule has 6 nitrogen and oxygen atoms in total. The first-order chi connectivity index (χ1) is 10.9. The van der Waals surface area contributed by atoms with Gasteiger partial charge in [-0.25, -0.2) is 13.1 Å². The van der Waals surface area contributed by atoms with Crippen molar-refractivity contribution >= 4 is 31.9 Å². The van der Waals surface area contributed by atoms with Crippen LogP contribution in [0.5, 0.6) is 0 Å². The van der Waals surface area contributed by atoms with E-state index < -0.39 is 10.0 Å². The molecule has 0 bridgehead atoms. The Morgan fingerprint density at radius 2 is 2.00 bits per heavy atom. The Balaban J connectivity index is 2.65. The van der Waals surface area contributed by atoms with Gasteiger partial charge in [-0.1, -0.05) is 34.1 Å². The molecule has 0 spiro atoms. The van der Waals surface area contributed by atoms with Crippen LogP contribution in [0.4, 0.5) is 0 Å². The lowest BCUT2D eigenvalue weighted by Crippen LogP contribution is -2.39. The third kappa shape index (κ3) is 7.32. The monoisotopic (exact) mass is 404 g/mol. The van der Waals surface area contributed by atoms with Gasteiger partial charge < -0.3 is 10.2 Å². The molecule has 0 saturated carbocycles. The first-order valence-corrected chi connectivity index (χ1v) is 10.0. The van der Waals surface area contributed by atoms with Crippen LogP contribution in [-0.2, 0) is 16.6 Å². The first kappa shape index (κ1) is 19.9. The van der Waals surface area contributed by atoms with Crippen molar-refractivity contribution in [1.29, 1.82) is 0 Å². The number of nitrogens with one attached hydrogen (secondary N) is 2. The van der Waals surface area contributed by atoms with Gasteiger partial charge in [0.15, 0.2) is 5.96 Å². The fourth-order valence-electron chi connectivity index (χ4n) is 1.89. The maximum absolute atomic E-state index is 11.4. The molecule has 0 aliphatic rings. The van der Waals surface area contributed by atoms with Gasteiger partial charge in [-0.05, 0) is 25.5 Å². The molecule has 0 atom stereocenters. The molecule has 1 aromatic rings. The molecule has 8 heteroatoms. The zero-order valence-electron chi connectivity index (χ0n) is 13.8. The van der Waals surface area contributed by atoms with Crippen molar-refractivity contribution < 1.29 is 8.42 Å². The van der Waals surface area contributed by atoms with E-state index >= 15 is 0 Å². The number of hydrogen-bond acceptors (Lipinski definition) is 3. The molecule has 0 aromatic heterocycles. The van der Waals surface area contributed by atoms with Gasteiger partial charge in [-0.2, -0.15) is 0 Å². The van der Waals surface area contributed by atoms with Crippen molar-refractivity contribution in [2.75, 3.05) is 32.4 Å². The summed E-state index contributed by atoms with van der Waals surface area (Å²) in [7, 11) is -1.21. The van der Waals surface area contributed by atoms with Crippen LogP contribution < -0.4 is 10.0 Å². The first-order valence-electron chi connectivity index (χ1n) is 7.59. The molecule has 0 amide bonds. The van der Waals surface area contributed by atoms with E-state index in [1.54, 1.807) is 6.92 Å². The number of aliphatic imine (C=N–C) groups is 1. The summed E-state index contributed by atoms with van der Waals surface area (Å²) in [5.41, 5.74) is 1.16. The Morgan fingerprint density at radius 1 is 1.30 bits per heavy atom. The van der Waals surface area contributed by atoms with Gasteiger partial charge in [0.05, 0.1) is 12.3 Å². The molecular formula is C15H25BrN4O2S. The Morgan fingerprint density at radius 3 is 2.61 bits per heavy atom. The minimum Gasteiger partial charge on any atom is -0.357 e. The smallest absolute Gasteiger partial charge is 0.211 e. The van der Waals surface area contributed by atoms with Gasteiger partial charge in [-0.15, -0.1) is 0 Å². The minimum atomic E-state index is -3.16. The molecule has 23 heavy (non-hydrogen) atoms. The molecule has 1 rings (SSSR count). The largest absolute Gasteiger partial charge is 0.357 e. The third-order valence-electron chi connectivity index (χ3n) is 3.14. The molecule has 0 fully saturated rings. The van der Waals surface area contributed by atoms with Crippen molar-refractivity contribution in [2.45, 2.75) is 20.4 Å². The molecule has 0 saturated heterocycles. The number of guanidine groups is 1. The van der Waals surface area contributed by atoms with Crippen molar-refractivity contribution in [2.24, 2.45) is 4.99 Å². The number of nitrogens with zero attached hydrogens (tertiary/aromatic N) is 2. The van der Waals surface area contributed by atoms with E-state index in [4.69, 9.17) is 0 Å². The van der Waals surface area contributed by atoms with E-state index in [1.165, 1.54) is 0 Å². The zero-order chi connectivity index (χ0) is 17.3. The summed E-state index contributed by atoms with van der Waals surface area (Å²) >= 11 is 3.54. The molecule has 0 heterocycles. The van der Waals surface area contributed by atoms with Crippen molar-refractivity contribution in [1.82, 2.24) is 14.9 Å². The summed E-state index contributed by atoms with van der Waals surface area (Å²) in [4.78, 5) is 6.48. The van der Waals surface area contributed by atoms with Crippen LogP contribution >= 0.6 is 15.9 Å². The summed E-state index contributed by atoms with van der Waals surface area (Å²) < 4.78 is 26.4. The van der Waals surface area contributed by atoms with E-state index in [9.17, 15) is 8.42 Å². The Hall–Kier alpha value is -1.12. The van der Waals surface area contributed by atoms with Crippen LogP contribution in [-0.4, -0.2) is 51.7 Å². The lowest BCUT2D eigenvalue weighted by Gasteiger charge is -2.22. The fourth-order valence-corrected chi connectivity index (χ4v) is 2.91. The normalized spacial score (nSPS) is 12.3. The van der Waals surface area contributed by atoms with Gasteiger partial charge in [0.2, 0.25) is 10.0 Å². The number of sulfonamides is 1. The second-order valence-corrected chi connectivity index (χ2v) is 7.93. The quantitative estimate of drug-likeness (QED) is 0.393. The van der Waals surface area contributed by atoms with Gasteiger partial charge in [0, 0.05) is 31.2 Å². The lowest BCUT2D eigenvalue weighted by molar-refractivity contribution is 0.476. The van der Waals surface area contributed by atoms with E-state index in [-0.39, 0.29) is 5.75 Å². The third-order valence-corrected chi connectivity index (χ3v) is 5.31. The molecule has 0 aliphatic heterocycles. The average molecular weight is 405 g/mol. The van der Waals surface area contributed by atoms with Crippen LogP contribution in [0.1, 0.15) is 19.4 Å². The standard InChI is InChI=1S/C15H25BrN4O2S/c1-4-17-15(18-10-11-19-23(21,22)5-2)20(3)12-13-8-6-7-9-14(13)16/h6-9,19H,4-5,10-12H2,1-3H3,(H,17,18). The summed E-state index contributed by atoms with van der Waals surface area (Å²) in [5.74, 6) is 0.831. The number of hydrogen-bond donors (Lipinski definition) is 2. The van der Waals surface area contributed by atoms with Crippen molar-refractivity contribution in [3.8, 4) is 0 Å². The van der Waals surface area contributed by atoms with Crippen LogP contribution in [0.25, 0.3) is 0 Å². The Kier molecular flexibility index (Phi) is 8.57. The van der Waals surface area contributed by atoms with Gasteiger partial charge in [0.1, 0.15) is 0 Å². The molecule has 0 aliphatic carbocycles. The highest BCUT2D eigenvalue weighted by molar-refractivity contribution is 9.10. The molecule has 1 aromatic carbocycles. The van der Waals surface area contributed by atoms with Crippen LogP contribution in [0.15, 0.2) is 33.7 Å². The molecular weight excluding hydrogens is 380 g/mol. The Bertz CT molecular complexity index is 620. The summed E-state index contributed by atoms with van der Waals surface area (Å²) in [6, 6.07) is 8.04. The maximum Gasteiger partial charge on any atom is 0.211 e. The van der Waals surface area contributed by atoms with E-state index in [1.807, 2.05) is 37.1 Å². The van der Waals surface area contributed by atoms with Gasteiger partial charge in [0.25, 0.3) is 0 Å². The van der Waals surface area contributed by atoms with Gasteiger partial charge >= 0.3 is 0 Å². The number of rotatable bonds is 8. The van der Waals surface area contributed by atoms with E-state index in [0.717, 1.165) is 22.5 Å². The summed E-state index contributed by atoms with van der Waals surface area (Å²) in [5, 5.41) is 3.22. The van der Waals surface area contributed by atoms with E-state index in [2.05, 4.69) is 37.0 Å². The van der Waals surface area contributed by atoms with Gasteiger partial charge in [-0.3, -0.25) is 4.99 Å². The van der Waals surface area contributed by atoms with Crippen molar-refractivity contribution in [3.05, 3.63) is 34.3 Å². The summed E-state index contributed by atoms with van der Waals surface area (Å²) in [6.07, 6.45) is 0. The molecule has 130 valence electrons. The van der Waals surface area contributed by atoms with Crippen LogP contribution in [0, 0.1) is 0 Å². The highest BCUT2D eigenvalue weighted by Gasteiger charge is 2.09. The highest BCUT2D eigenvalue weighted by atomic mass is 79.9. The Labute approximate surface area is 147 Å². The highest BCUT2D eigenvalue weighted by Crippen LogP contribution is 2.17. The number of halogens is 1. The lowest BCUT2D eigenvalue weighted by atomic mass is 10.2. The van der Waals surface area contributed by atoms with Crippen molar-refractivity contribution in [3.63, 3.8) is 0 Å². The number of benzene rings is 1. The van der Waals surface area contributed by atoms with Crippen LogP contribution in [0.2, 0.25) is 0 Å². The molecule has 0 unspecified atom stereocenters. The van der Waals surface area contributed by atoms with Crippen LogP contribution in [0.3, 0.4) is 0 Å². The zero-order valence-corrected chi connectivity index (χ0v) is 16.2. The predicted molar refractivity (Wildman–Crippen MR) is 99.1 cm³/mol. The minimum absolute atomic E-state index is 0.0821. The average Bonchev–Trinajstić information content (AvgIpc) is 2.52. The second kappa shape index (κ2) is 9.89. The topological polar surface area (TPSA) is 73.8 Å². The SMILES string of the molecule is CCNC(=NCCNS(=O)(=O)CC)N(C)Cc1ccccc1Br. The predicted octanol–water partition coefficient (Wildman–Crippen LogP) is 1.79. The second-order valence-electron chi connectivity index (χ2n) is 4.98. The fraction of sp³-hybridized carbons (Fsp3) is 0.533.